The van der Waals surface area contributed by atoms with E-state index in [4.69, 9.17) is 0 Å². The van der Waals surface area contributed by atoms with E-state index in [1.54, 1.807) is 12.3 Å². The van der Waals surface area contributed by atoms with Crippen LogP contribution in [0.25, 0.3) is 0 Å². The molecule has 20 heavy (non-hydrogen) atoms. The quantitative estimate of drug-likeness (QED) is 0.803. The third kappa shape index (κ3) is 4.35. The minimum Gasteiger partial charge on any atom is -0.296 e. The molecule has 0 radical (unpaired) electrons. The van der Waals surface area contributed by atoms with Gasteiger partial charge in [-0.15, -0.1) is 10.2 Å². The van der Waals surface area contributed by atoms with E-state index < -0.39 is 0 Å². The second-order valence-corrected chi connectivity index (χ2v) is 6.28. The molecule has 2 heterocycles. The minimum absolute atomic E-state index is 0.227. The molecule has 2 aromatic rings. The molecule has 7 heteroatoms. The van der Waals surface area contributed by atoms with Crippen LogP contribution in [0.4, 0.5) is 5.13 Å². The van der Waals surface area contributed by atoms with E-state index in [-0.39, 0.29) is 5.91 Å². The van der Waals surface area contributed by atoms with Crippen molar-refractivity contribution in [2.45, 2.75) is 32.6 Å². The van der Waals surface area contributed by atoms with Crippen molar-refractivity contribution in [1.82, 2.24) is 15.2 Å². The largest absolute Gasteiger partial charge is 0.296 e. The van der Waals surface area contributed by atoms with Crippen molar-refractivity contribution in [2.24, 2.45) is 0 Å². The van der Waals surface area contributed by atoms with Gasteiger partial charge in [0.1, 0.15) is 5.01 Å². The Hall–Kier alpha value is -1.34. The van der Waals surface area contributed by atoms with E-state index in [1.807, 2.05) is 0 Å². The molecule has 5 nitrogen and oxygen atoms in total. The van der Waals surface area contributed by atoms with E-state index in [2.05, 4.69) is 43.4 Å². The lowest BCUT2D eigenvalue weighted by atomic mass is 10.2. The summed E-state index contributed by atoms with van der Waals surface area (Å²) in [5.74, 6) is -0.227. The zero-order chi connectivity index (χ0) is 14.4. The van der Waals surface area contributed by atoms with Gasteiger partial charge in [0.2, 0.25) is 5.13 Å². The summed E-state index contributed by atoms with van der Waals surface area (Å²) in [5, 5.41) is 12.3. The molecule has 0 aliphatic carbocycles. The molecular formula is C13H15BrN4OS. The topological polar surface area (TPSA) is 67.8 Å². The number of nitrogens with zero attached hydrogens (tertiary/aromatic N) is 3. The maximum atomic E-state index is 12.0. The van der Waals surface area contributed by atoms with Crippen molar-refractivity contribution in [3.05, 3.63) is 33.5 Å². The maximum absolute atomic E-state index is 12.0. The summed E-state index contributed by atoms with van der Waals surface area (Å²) in [6, 6.07) is 1.71. The van der Waals surface area contributed by atoms with E-state index in [9.17, 15) is 4.79 Å². The van der Waals surface area contributed by atoms with E-state index >= 15 is 0 Å². The highest BCUT2D eigenvalue weighted by atomic mass is 79.9. The van der Waals surface area contributed by atoms with Crippen molar-refractivity contribution in [3.8, 4) is 0 Å². The predicted octanol–water partition coefficient (Wildman–Crippen LogP) is 3.68. The SMILES string of the molecule is CCCCCc1nnc(NC(=O)c2cncc(Br)c2)s1. The molecular weight excluding hydrogens is 340 g/mol. The second kappa shape index (κ2) is 7.44. The first kappa shape index (κ1) is 15.1. The average molecular weight is 355 g/mol. The van der Waals surface area contributed by atoms with Gasteiger partial charge in [-0.1, -0.05) is 31.1 Å². The molecule has 2 rings (SSSR count). The Bertz CT molecular complexity index is 587. The van der Waals surface area contributed by atoms with Gasteiger partial charge in [0.15, 0.2) is 0 Å². The number of hydrogen-bond acceptors (Lipinski definition) is 5. The van der Waals surface area contributed by atoms with Gasteiger partial charge < -0.3 is 0 Å². The molecule has 0 unspecified atom stereocenters. The third-order valence-corrected chi connectivity index (χ3v) is 3.98. The van der Waals surface area contributed by atoms with Gasteiger partial charge in [0.05, 0.1) is 5.56 Å². The van der Waals surface area contributed by atoms with Crippen molar-refractivity contribution in [3.63, 3.8) is 0 Å². The molecule has 0 aromatic carbocycles. The highest BCUT2D eigenvalue weighted by Crippen LogP contribution is 2.18. The summed E-state index contributed by atoms with van der Waals surface area (Å²) < 4.78 is 0.766. The zero-order valence-corrected chi connectivity index (χ0v) is 13.5. The Balaban J connectivity index is 1.94. The van der Waals surface area contributed by atoms with Gasteiger partial charge in [0.25, 0.3) is 5.91 Å². The van der Waals surface area contributed by atoms with Crippen LogP contribution in [0.5, 0.6) is 0 Å². The maximum Gasteiger partial charge on any atom is 0.259 e. The number of carbonyl (C=O) groups excluding carboxylic acids is 1. The fourth-order valence-corrected chi connectivity index (χ4v) is 2.78. The van der Waals surface area contributed by atoms with Crippen LogP contribution in [0, 0.1) is 0 Å². The number of aromatic nitrogens is 3. The number of unbranched alkanes of at least 4 members (excludes halogenated alkanes) is 2. The van der Waals surface area contributed by atoms with Crippen molar-refractivity contribution >= 4 is 38.3 Å². The van der Waals surface area contributed by atoms with Crippen LogP contribution in [0.15, 0.2) is 22.9 Å². The monoisotopic (exact) mass is 354 g/mol. The van der Waals surface area contributed by atoms with Gasteiger partial charge >= 0.3 is 0 Å². The Labute approximate surface area is 130 Å². The number of nitrogens with one attached hydrogen (secondary N) is 1. The lowest BCUT2D eigenvalue weighted by Gasteiger charge is -2.00. The first-order valence-corrected chi connectivity index (χ1v) is 8.04. The number of rotatable bonds is 6. The average Bonchev–Trinajstić information content (AvgIpc) is 2.86. The number of halogens is 1. The zero-order valence-electron chi connectivity index (χ0n) is 11.1. The van der Waals surface area contributed by atoms with Crippen LogP contribution in [0.3, 0.4) is 0 Å². The summed E-state index contributed by atoms with van der Waals surface area (Å²) in [6.07, 6.45) is 7.54. The number of aryl methyl sites for hydroxylation is 1. The highest BCUT2D eigenvalue weighted by molar-refractivity contribution is 9.10. The molecule has 0 aliphatic rings. The highest BCUT2D eigenvalue weighted by Gasteiger charge is 2.10. The van der Waals surface area contributed by atoms with Crippen LogP contribution in [-0.4, -0.2) is 21.1 Å². The normalized spacial score (nSPS) is 10.5. The van der Waals surface area contributed by atoms with Crippen molar-refractivity contribution in [1.29, 1.82) is 0 Å². The van der Waals surface area contributed by atoms with Crippen LogP contribution >= 0.6 is 27.3 Å². The predicted molar refractivity (Wildman–Crippen MR) is 83.0 cm³/mol. The van der Waals surface area contributed by atoms with Crippen LogP contribution < -0.4 is 5.32 Å². The molecule has 1 amide bonds. The summed E-state index contributed by atoms with van der Waals surface area (Å²) in [4.78, 5) is 16.0. The van der Waals surface area contributed by atoms with Gasteiger partial charge in [-0.2, -0.15) is 0 Å². The molecule has 0 saturated heterocycles. The van der Waals surface area contributed by atoms with E-state index in [1.165, 1.54) is 30.4 Å². The number of pyridine rings is 1. The molecule has 0 aliphatic heterocycles. The summed E-state index contributed by atoms with van der Waals surface area (Å²) in [7, 11) is 0. The first-order valence-electron chi connectivity index (χ1n) is 6.43. The second-order valence-electron chi connectivity index (χ2n) is 4.30. The van der Waals surface area contributed by atoms with Gasteiger partial charge in [-0.25, -0.2) is 0 Å². The van der Waals surface area contributed by atoms with Crippen molar-refractivity contribution in [2.75, 3.05) is 5.32 Å². The summed E-state index contributed by atoms with van der Waals surface area (Å²) in [5.41, 5.74) is 0.488. The Kier molecular flexibility index (Phi) is 5.60. The molecule has 1 N–H and O–H groups in total. The Morgan fingerprint density at radius 2 is 2.20 bits per heavy atom. The lowest BCUT2D eigenvalue weighted by molar-refractivity contribution is 0.102. The fourth-order valence-electron chi connectivity index (χ4n) is 1.64. The number of amides is 1. The standard InChI is InChI=1S/C13H15BrN4OS/c1-2-3-4-5-11-17-18-13(20-11)16-12(19)9-6-10(14)8-15-7-9/h6-8H,2-5H2,1H3,(H,16,18,19). The van der Waals surface area contributed by atoms with E-state index in [0.717, 1.165) is 22.3 Å². The van der Waals surface area contributed by atoms with Crippen LogP contribution in [0.2, 0.25) is 0 Å². The van der Waals surface area contributed by atoms with Gasteiger partial charge in [-0.05, 0) is 28.4 Å². The number of anilines is 1. The Morgan fingerprint density at radius 1 is 1.35 bits per heavy atom. The molecule has 0 atom stereocenters. The Morgan fingerprint density at radius 3 is 2.95 bits per heavy atom. The fraction of sp³-hybridized carbons (Fsp3) is 0.385. The van der Waals surface area contributed by atoms with E-state index in [0.29, 0.717) is 10.7 Å². The molecule has 0 bridgehead atoms. The van der Waals surface area contributed by atoms with Crippen LogP contribution in [0.1, 0.15) is 41.6 Å². The molecule has 0 spiro atoms. The molecule has 0 saturated carbocycles. The smallest absolute Gasteiger partial charge is 0.259 e. The summed E-state index contributed by atoms with van der Waals surface area (Å²) in [6.45, 7) is 2.16. The van der Waals surface area contributed by atoms with Gasteiger partial charge in [-0.3, -0.25) is 15.1 Å². The van der Waals surface area contributed by atoms with Crippen LogP contribution in [-0.2, 0) is 6.42 Å². The molecule has 0 fully saturated rings. The molecule has 2 aromatic heterocycles. The summed E-state index contributed by atoms with van der Waals surface area (Å²) >= 11 is 4.71. The minimum atomic E-state index is -0.227. The third-order valence-electron chi connectivity index (χ3n) is 2.65. The number of carbonyl (C=O) groups is 1. The lowest BCUT2D eigenvalue weighted by Crippen LogP contribution is -2.11. The van der Waals surface area contributed by atoms with Crippen molar-refractivity contribution < 1.29 is 4.79 Å². The number of hydrogen-bond donors (Lipinski definition) is 1. The first-order chi connectivity index (χ1) is 9.69. The molecule has 106 valence electrons. The van der Waals surface area contributed by atoms with Gasteiger partial charge in [0, 0.05) is 23.3 Å².